The molecular formula is C17H31FN2O2+2. The third-order valence-corrected chi connectivity index (χ3v) is 3.49. The van der Waals surface area contributed by atoms with Gasteiger partial charge in [-0.15, -0.1) is 0 Å². The molecule has 0 radical (unpaired) electrons. The van der Waals surface area contributed by atoms with Crippen LogP contribution < -0.4 is 10.2 Å². The minimum absolute atomic E-state index is 0.194. The lowest BCUT2D eigenvalue weighted by atomic mass is 9.93. The van der Waals surface area contributed by atoms with Gasteiger partial charge in [0.05, 0.1) is 45.8 Å². The van der Waals surface area contributed by atoms with Crippen molar-refractivity contribution in [2.24, 2.45) is 5.41 Å². The van der Waals surface area contributed by atoms with Crippen LogP contribution in [0.3, 0.4) is 0 Å². The first kappa shape index (κ1) is 19.0. The fourth-order valence-electron chi connectivity index (χ4n) is 2.68. The molecule has 0 aliphatic heterocycles. The summed E-state index contributed by atoms with van der Waals surface area (Å²) in [5, 5.41) is 12.0. The number of hydrogen-bond donors (Lipinski definition) is 3. The Morgan fingerprint density at radius 1 is 1.32 bits per heavy atom. The molecule has 0 aliphatic rings. The highest BCUT2D eigenvalue weighted by Crippen LogP contribution is 2.08. The molecule has 0 saturated heterocycles. The number of hydrogen-bond acceptors (Lipinski definition) is 2. The summed E-state index contributed by atoms with van der Waals surface area (Å²) >= 11 is 0. The normalized spacial score (nSPS) is 13.6. The van der Waals surface area contributed by atoms with E-state index in [0.717, 1.165) is 13.1 Å². The van der Waals surface area contributed by atoms with Crippen molar-refractivity contribution in [2.45, 2.75) is 26.6 Å². The number of aliphatic hydroxyl groups is 1. The number of benzene rings is 1. The minimum Gasteiger partial charge on any atom is -0.385 e. The van der Waals surface area contributed by atoms with Crippen molar-refractivity contribution >= 4 is 0 Å². The van der Waals surface area contributed by atoms with Crippen LogP contribution in [0.15, 0.2) is 24.3 Å². The first-order valence-electron chi connectivity index (χ1n) is 7.90. The third kappa shape index (κ3) is 7.84. The van der Waals surface area contributed by atoms with Crippen molar-refractivity contribution in [3.8, 4) is 0 Å². The molecule has 0 unspecified atom stereocenters. The molecule has 0 amide bonds. The Balaban J connectivity index is 2.19. The van der Waals surface area contributed by atoms with Crippen LogP contribution in [0.4, 0.5) is 4.39 Å². The van der Waals surface area contributed by atoms with Crippen molar-refractivity contribution in [1.29, 1.82) is 0 Å². The molecule has 4 nitrogen and oxygen atoms in total. The number of nitrogens with one attached hydrogen (secondary N) is 1. The summed E-state index contributed by atoms with van der Waals surface area (Å²) in [5.41, 5.74) is 0.751. The maximum absolute atomic E-state index is 13.4. The monoisotopic (exact) mass is 314 g/mol. The van der Waals surface area contributed by atoms with E-state index >= 15 is 0 Å². The van der Waals surface area contributed by atoms with E-state index in [1.807, 2.05) is 0 Å². The van der Waals surface area contributed by atoms with Crippen molar-refractivity contribution in [3.05, 3.63) is 35.6 Å². The summed E-state index contributed by atoms with van der Waals surface area (Å²) in [4.78, 5) is 1.42. The van der Waals surface area contributed by atoms with Gasteiger partial charge < -0.3 is 20.1 Å². The number of rotatable bonds is 10. The average molecular weight is 314 g/mol. The lowest BCUT2D eigenvalue weighted by molar-refractivity contribution is -0.868. The van der Waals surface area contributed by atoms with E-state index in [-0.39, 0.29) is 24.4 Å². The van der Waals surface area contributed by atoms with Gasteiger partial charge in [-0.1, -0.05) is 18.2 Å². The fraction of sp³-hybridized carbons (Fsp3) is 0.647. The van der Waals surface area contributed by atoms with E-state index in [1.54, 1.807) is 18.2 Å². The van der Waals surface area contributed by atoms with Crippen LogP contribution >= 0.6 is 0 Å². The van der Waals surface area contributed by atoms with Crippen LogP contribution in [0, 0.1) is 11.2 Å². The van der Waals surface area contributed by atoms with Crippen LogP contribution in [-0.2, 0) is 11.3 Å². The van der Waals surface area contributed by atoms with E-state index in [9.17, 15) is 9.50 Å². The molecule has 0 fully saturated rings. The molecule has 0 spiro atoms. The van der Waals surface area contributed by atoms with Crippen molar-refractivity contribution in [3.63, 3.8) is 0 Å². The van der Waals surface area contributed by atoms with Gasteiger partial charge in [-0.05, 0) is 19.9 Å². The molecule has 5 heteroatoms. The van der Waals surface area contributed by atoms with Gasteiger partial charge in [-0.25, -0.2) is 4.39 Å². The molecule has 1 atom stereocenters. The van der Waals surface area contributed by atoms with Gasteiger partial charge in [-0.2, -0.15) is 0 Å². The summed E-state index contributed by atoms with van der Waals surface area (Å²) in [5.74, 6) is -0.267. The SMILES string of the molecule is C[NH+](C)CC(C)(C)C[NH2+]C[C@H](O)COCc1ccccc1F. The summed E-state index contributed by atoms with van der Waals surface area (Å²) in [6, 6.07) is 6.54. The zero-order valence-electron chi connectivity index (χ0n) is 14.2. The Hall–Kier alpha value is -1.01. The van der Waals surface area contributed by atoms with Crippen molar-refractivity contribution in [1.82, 2.24) is 0 Å². The summed E-state index contributed by atoms with van der Waals surface area (Å²) in [6.07, 6.45) is -0.533. The highest BCUT2D eigenvalue weighted by Gasteiger charge is 2.24. The molecule has 0 heterocycles. The number of ether oxygens (including phenoxy) is 1. The quantitative estimate of drug-likeness (QED) is 0.542. The Kier molecular flexibility index (Phi) is 7.96. The van der Waals surface area contributed by atoms with E-state index in [1.165, 1.54) is 11.0 Å². The molecule has 1 aromatic rings. The van der Waals surface area contributed by atoms with E-state index < -0.39 is 6.10 Å². The Labute approximate surface area is 133 Å². The fourth-order valence-corrected chi connectivity index (χ4v) is 2.68. The second kappa shape index (κ2) is 9.20. The average Bonchev–Trinajstić information content (AvgIpc) is 2.39. The smallest absolute Gasteiger partial charge is 0.128 e. The van der Waals surface area contributed by atoms with Crippen molar-refractivity contribution < 1.29 is 24.5 Å². The van der Waals surface area contributed by atoms with Gasteiger partial charge in [0.2, 0.25) is 0 Å². The zero-order valence-corrected chi connectivity index (χ0v) is 14.2. The van der Waals surface area contributed by atoms with E-state index in [0.29, 0.717) is 12.1 Å². The second-order valence-corrected chi connectivity index (χ2v) is 7.04. The van der Waals surface area contributed by atoms with Crippen LogP contribution in [-0.4, -0.2) is 51.5 Å². The molecule has 0 aromatic heterocycles. The Morgan fingerprint density at radius 3 is 2.64 bits per heavy atom. The molecule has 4 N–H and O–H groups in total. The third-order valence-electron chi connectivity index (χ3n) is 3.49. The van der Waals surface area contributed by atoms with Gasteiger partial charge in [0.25, 0.3) is 0 Å². The second-order valence-electron chi connectivity index (χ2n) is 7.04. The lowest BCUT2D eigenvalue weighted by Crippen LogP contribution is -3.08. The summed E-state index contributed by atoms with van der Waals surface area (Å²) in [6.45, 7) is 7.54. The molecule has 1 rings (SSSR count). The molecule has 22 heavy (non-hydrogen) atoms. The minimum atomic E-state index is -0.533. The Bertz CT molecular complexity index is 438. The van der Waals surface area contributed by atoms with Crippen LogP contribution in [0.1, 0.15) is 19.4 Å². The standard InChI is InChI=1S/C17H29FN2O2/c1-17(2,13-20(3)4)12-19-9-15(21)11-22-10-14-7-5-6-8-16(14)18/h5-8,15,19,21H,9-13H2,1-4H3/p+2/t15-/m0/s1. The van der Waals surface area contributed by atoms with Gasteiger partial charge in [-0.3, -0.25) is 0 Å². The number of nitrogens with two attached hydrogens (primary N) is 1. The molecule has 0 aliphatic carbocycles. The molecule has 1 aromatic carbocycles. The van der Waals surface area contributed by atoms with E-state index in [4.69, 9.17) is 4.74 Å². The van der Waals surface area contributed by atoms with E-state index in [2.05, 4.69) is 33.3 Å². The first-order chi connectivity index (χ1) is 10.3. The maximum Gasteiger partial charge on any atom is 0.128 e. The van der Waals surface area contributed by atoms with Gasteiger partial charge in [0, 0.05) is 5.56 Å². The number of halogens is 1. The van der Waals surface area contributed by atoms with Crippen LogP contribution in [0.5, 0.6) is 0 Å². The lowest BCUT2D eigenvalue weighted by Gasteiger charge is -2.24. The predicted molar refractivity (Wildman–Crippen MR) is 85.2 cm³/mol. The highest BCUT2D eigenvalue weighted by molar-refractivity contribution is 5.16. The predicted octanol–water partition coefficient (Wildman–Crippen LogP) is -0.563. The largest absolute Gasteiger partial charge is 0.385 e. The topological polar surface area (TPSA) is 50.5 Å². The molecular weight excluding hydrogens is 283 g/mol. The van der Waals surface area contributed by atoms with Gasteiger partial charge >= 0.3 is 0 Å². The molecule has 126 valence electrons. The highest BCUT2D eigenvalue weighted by atomic mass is 19.1. The molecule has 0 saturated carbocycles. The van der Waals surface area contributed by atoms with Crippen LogP contribution in [0.2, 0.25) is 0 Å². The summed E-state index contributed by atoms with van der Waals surface area (Å²) in [7, 11) is 4.29. The number of quaternary nitrogens is 2. The van der Waals surface area contributed by atoms with Gasteiger partial charge in [0.1, 0.15) is 18.5 Å². The molecule has 0 bridgehead atoms. The van der Waals surface area contributed by atoms with Crippen molar-refractivity contribution in [2.75, 3.05) is 40.3 Å². The zero-order chi connectivity index (χ0) is 16.6. The van der Waals surface area contributed by atoms with Crippen LogP contribution in [0.25, 0.3) is 0 Å². The number of aliphatic hydroxyl groups excluding tert-OH is 1. The van der Waals surface area contributed by atoms with Gasteiger partial charge in [0.15, 0.2) is 0 Å². The maximum atomic E-state index is 13.4. The first-order valence-corrected chi connectivity index (χ1v) is 7.90. The summed E-state index contributed by atoms with van der Waals surface area (Å²) < 4.78 is 18.8. The Morgan fingerprint density at radius 2 is 2.00 bits per heavy atom.